The molecule has 1 aliphatic rings. The molecule has 0 aliphatic carbocycles. The van der Waals surface area contributed by atoms with Gasteiger partial charge in [0.2, 0.25) is 0 Å². The van der Waals surface area contributed by atoms with Gasteiger partial charge in [-0.05, 0) is 32.1 Å². The zero-order valence-electron chi connectivity index (χ0n) is 11.5. The van der Waals surface area contributed by atoms with Crippen LogP contribution in [0.25, 0.3) is 0 Å². The van der Waals surface area contributed by atoms with Crippen LogP contribution in [-0.4, -0.2) is 43.3 Å². The molecule has 0 amide bonds. The van der Waals surface area contributed by atoms with Gasteiger partial charge in [0.25, 0.3) is 6.47 Å². The van der Waals surface area contributed by atoms with E-state index < -0.39 is 0 Å². The lowest BCUT2D eigenvalue weighted by molar-refractivity contribution is -0.134. The average Bonchev–Trinajstić information content (AvgIpc) is 2.58. The van der Waals surface area contributed by atoms with E-state index in [-0.39, 0.29) is 0 Å². The van der Waals surface area contributed by atoms with Gasteiger partial charge in [-0.3, -0.25) is 9.69 Å². The van der Waals surface area contributed by atoms with Crippen LogP contribution in [0.5, 0.6) is 0 Å². The van der Waals surface area contributed by atoms with Crippen LogP contribution in [-0.2, 0) is 9.53 Å². The molecular formula is C13H26N2O2. The van der Waals surface area contributed by atoms with E-state index in [4.69, 9.17) is 4.74 Å². The zero-order valence-corrected chi connectivity index (χ0v) is 11.5. The summed E-state index contributed by atoms with van der Waals surface area (Å²) in [6, 6.07) is 1.01. The van der Waals surface area contributed by atoms with E-state index in [9.17, 15) is 4.79 Å². The number of rotatable bonds is 7. The lowest BCUT2D eigenvalue weighted by atomic mass is 9.90. The fourth-order valence-corrected chi connectivity index (χ4v) is 2.36. The molecule has 1 unspecified atom stereocenters. The summed E-state index contributed by atoms with van der Waals surface area (Å²) in [5.41, 5.74) is 0.423. The zero-order chi connectivity index (χ0) is 12.9. The molecule has 0 saturated carbocycles. The van der Waals surface area contributed by atoms with Gasteiger partial charge in [0.05, 0.1) is 0 Å². The van der Waals surface area contributed by atoms with E-state index in [0.717, 1.165) is 19.5 Å². The topological polar surface area (TPSA) is 41.6 Å². The average molecular weight is 242 g/mol. The van der Waals surface area contributed by atoms with Gasteiger partial charge in [0, 0.05) is 25.2 Å². The van der Waals surface area contributed by atoms with E-state index in [1.165, 1.54) is 6.42 Å². The maximum atomic E-state index is 10.2. The van der Waals surface area contributed by atoms with Crippen LogP contribution in [0.15, 0.2) is 0 Å². The Bertz CT molecular complexity index is 242. The van der Waals surface area contributed by atoms with Crippen molar-refractivity contribution in [2.75, 3.05) is 19.8 Å². The Kier molecular flexibility index (Phi) is 5.40. The standard InChI is InChI=1S/C13H26N2O2/c1-11(2)15(9-17-10-16)6-5-12-7-13(3,4)8-14-12/h10-12,14H,5-9H2,1-4H3. The van der Waals surface area contributed by atoms with E-state index >= 15 is 0 Å². The first-order chi connectivity index (χ1) is 7.94. The largest absolute Gasteiger partial charge is 0.452 e. The van der Waals surface area contributed by atoms with E-state index in [0.29, 0.717) is 30.7 Å². The molecule has 0 aromatic carbocycles. The maximum Gasteiger partial charge on any atom is 0.294 e. The van der Waals surface area contributed by atoms with Crippen LogP contribution in [0.4, 0.5) is 0 Å². The second-order valence-corrected chi connectivity index (χ2v) is 6.03. The third-order valence-corrected chi connectivity index (χ3v) is 3.47. The first-order valence-electron chi connectivity index (χ1n) is 6.47. The van der Waals surface area contributed by atoms with Crippen molar-refractivity contribution < 1.29 is 9.53 Å². The molecule has 1 fully saturated rings. The number of ether oxygens (including phenoxy) is 1. The Hall–Kier alpha value is -0.610. The van der Waals surface area contributed by atoms with Crippen molar-refractivity contribution >= 4 is 6.47 Å². The summed E-state index contributed by atoms with van der Waals surface area (Å²) in [5.74, 6) is 0. The molecule has 0 aromatic heterocycles. The summed E-state index contributed by atoms with van der Waals surface area (Å²) in [6.45, 7) is 11.8. The second kappa shape index (κ2) is 6.36. The number of nitrogens with one attached hydrogen (secondary N) is 1. The summed E-state index contributed by atoms with van der Waals surface area (Å²) in [6.07, 6.45) is 2.34. The summed E-state index contributed by atoms with van der Waals surface area (Å²) >= 11 is 0. The van der Waals surface area contributed by atoms with Gasteiger partial charge in [-0.25, -0.2) is 0 Å². The Morgan fingerprint density at radius 3 is 2.71 bits per heavy atom. The lowest BCUT2D eigenvalue weighted by Gasteiger charge is -2.26. The van der Waals surface area contributed by atoms with Crippen LogP contribution < -0.4 is 5.32 Å². The number of hydrogen-bond acceptors (Lipinski definition) is 4. The number of carbonyl (C=O) groups is 1. The molecule has 1 heterocycles. The summed E-state index contributed by atoms with van der Waals surface area (Å²) in [5, 5.41) is 3.56. The molecular weight excluding hydrogens is 216 g/mol. The van der Waals surface area contributed by atoms with Crippen LogP contribution in [0.2, 0.25) is 0 Å². The second-order valence-electron chi connectivity index (χ2n) is 6.03. The van der Waals surface area contributed by atoms with Gasteiger partial charge < -0.3 is 10.1 Å². The Morgan fingerprint density at radius 1 is 1.53 bits per heavy atom. The SMILES string of the molecule is CC(C)N(CCC1CC(C)(C)CN1)COC=O. The van der Waals surface area contributed by atoms with Crippen molar-refractivity contribution in [3.8, 4) is 0 Å². The third-order valence-electron chi connectivity index (χ3n) is 3.47. The fourth-order valence-electron chi connectivity index (χ4n) is 2.36. The van der Waals surface area contributed by atoms with Gasteiger partial charge in [0.1, 0.15) is 6.73 Å². The molecule has 4 nitrogen and oxygen atoms in total. The molecule has 100 valence electrons. The third kappa shape index (κ3) is 5.04. The first kappa shape index (κ1) is 14.5. The van der Waals surface area contributed by atoms with Crippen molar-refractivity contribution in [1.29, 1.82) is 0 Å². The molecule has 17 heavy (non-hydrogen) atoms. The minimum Gasteiger partial charge on any atom is -0.452 e. The fraction of sp³-hybridized carbons (Fsp3) is 0.923. The van der Waals surface area contributed by atoms with Crippen LogP contribution in [0.1, 0.15) is 40.5 Å². The highest BCUT2D eigenvalue weighted by Gasteiger charge is 2.30. The molecule has 1 N–H and O–H groups in total. The summed E-state index contributed by atoms with van der Waals surface area (Å²) in [7, 11) is 0. The molecule has 1 rings (SSSR count). The van der Waals surface area contributed by atoms with Gasteiger partial charge in [-0.15, -0.1) is 0 Å². The summed E-state index contributed by atoms with van der Waals surface area (Å²) in [4.78, 5) is 12.4. The van der Waals surface area contributed by atoms with E-state index in [2.05, 4.69) is 37.9 Å². The Morgan fingerprint density at radius 2 is 2.24 bits per heavy atom. The number of carbonyl (C=O) groups excluding carboxylic acids is 1. The van der Waals surface area contributed by atoms with Crippen molar-refractivity contribution in [2.24, 2.45) is 5.41 Å². The lowest BCUT2D eigenvalue weighted by Crippen LogP contribution is -2.36. The highest BCUT2D eigenvalue weighted by molar-refractivity contribution is 5.36. The molecule has 1 atom stereocenters. The number of hydrogen-bond donors (Lipinski definition) is 1. The smallest absolute Gasteiger partial charge is 0.294 e. The molecule has 0 spiro atoms. The normalized spacial score (nSPS) is 23.3. The molecule has 1 aliphatic heterocycles. The minimum atomic E-state index is 0.400. The van der Waals surface area contributed by atoms with Crippen molar-refractivity contribution in [1.82, 2.24) is 10.2 Å². The first-order valence-corrected chi connectivity index (χ1v) is 6.47. The maximum absolute atomic E-state index is 10.2. The van der Waals surface area contributed by atoms with Crippen LogP contribution in [0.3, 0.4) is 0 Å². The molecule has 0 radical (unpaired) electrons. The van der Waals surface area contributed by atoms with Crippen molar-refractivity contribution in [2.45, 2.75) is 52.6 Å². The van der Waals surface area contributed by atoms with Crippen LogP contribution >= 0.6 is 0 Å². The van der Waals surface area contributed by atoms with Crippen LogP contribution in [0, 0.1) is 5.41 Å². The molecule has 1 saturated heterocycles. The monoisotopic (exact) mass is 242 g/mol. The van der Waals surface area contributed by atoms with Crippen molar-refractivity contribution in [3.05, 3.63) is 0 Å². The van der Waals surface area contributed by atoms with Gasteiger partial charge in [-0.1, -0.05) is 13.8 Å². The van der Waals surface area contributed by atoms with Crippen molar-refractivity contribution in [3.63, 3.8) is 0 Å². The number of nitrogens with zero attached hydrogens (tertiary/aromatic N) is 1. The highest BCUT2D eigenvalue weighted by Crippen LogP contribution is 2.28. The van der Waals surface area contributed by atoms with E-state index in [1.54, 1.807) is 0 Å². The summed E-state index contributed by atoms with van der Waals surface area (Å²) < 4.78 is 4.84. The molecule has 4 heteroatoms. The van der Waals surface area contributed by atoms with E-state index in [1.807, 2.05) is 0 Å². The van der Waals surface area contributed by atoms with Gasteiger partial charge >= 0.3 is 0 Å². The Balaban J connectivity index is 2.29. The Labute approximate surface area is 105 Å². The molecule has 0 aromatic rings. The minimum absolute atomic E-state index is 0.400. The molecule has 0 bridgehead atoms. The highest BCUT2D eigenvalue weighted by atomic mass is 16.5. The van der Waals surface area contributed by atoms with Gasteiger partial charge in [-0.2, -0.15) is 0 Å². The predicted molar refractivity (Wildman–Crippen MR) is 68.7 cm³/mol. The quantitative estimate of drug-likeness (QED) is 0.544. The van der Waals surface area contributed by atoms with Gasteiger partial charge in [0.15, 0.2) is 0 Å². The predicted octanol–water partition coefficient (Wildman–Crippen LogP) is 1.61.